The fourth-order valence-corrected chi connectivity index (χ4v) is 2.25. The molecule has 84 valence electrons. The molecule has 1 nitrogen and oxygen atoms in total. The van der Waals surface area contributed by atoms with Crippen molar-refractivity contribution in [2.75, 3.05) is 0 Å². The van der Waals surface area contributed by atoms with E-state index in [1.54, 1.807) is 11.3 Å². The summed E-state index contributed by atoms with van der Waals surface area (Å²) < 4.78 is 26.0. The Morgan fingerprint density at radius 3 is 2.69 bits per heavy atom. The van der Waals surface area contributed by atoms with E-state index in [4.69, 9.17) is 5.73 Å². The largest absolute Gasteiger partial charge is 0.324 e. The first-order valence-corrected chi connectivity index (χ1v) is 5.82. The summed E-state index contributed by atoms with van der Waals surface area (Å²) in [5.74, 6) is -1.10. The molecular weight excluding hydrogens is 228 g/mol. The number of thiophene rings is 1. The van der Waals surface area contributed by atoms with E-state index in [1.807, 2.05) is 16.8 Å². The molecule has 1 unspecified atom stereocenters. The topological polar surface area (TPSA) is 26.0 Å². The number of halogens is 2. The van der Waals surface area contributed by atoms with Gasteiger partial charge in [0.1, 0.15) is 11.6 Å². The zero-order chi connectivity index (χ0) is 11.5. The van der Waals surface area contributed by atoms with Gasteiger partial charge in [-0.3, -0.25) is 0 Å². The van der Waals surface area contributed by atoms with E-state index >= 15 is 0 Å². The first kappa shape index (κ1) is 11.2. The van der Waals surface area contributed by atoms with Crippen molar-refractivity contribution in [1.82, 2.24) is 0 Å². The summed E-state index contributed by atoms with van der Waals surface area (Å²) in [7, 11) is 0. The van der Waals surface area contributed by atoms with Gasteiger partial charge in [-0.25, -0.2) is 8.78 Å². The number of hydrogen-bond donors (Lipinski definition) is 1. The molecule has 1 aromatic carbocycles. The van der Waals surface area contributed by atoms with Gasteiger partial charge in [0.2, 0.25) is 0 Å². The van der Waals surface area contributed by atoms with Crippen molar-refractivity contribution in [3.05, 3.63) is 57.8 Å². The van der Waals surface area contributed by atoms with E-state index < -0.39 is 11.6 Å². The minimum Gasteiger partial charge on any atom is -0.324 e. The fourth-order valence-electron chi connectivity index (χ4n) is 1.53. The molecule has 1 heterocycles. The highest BCUT2D eigenvalue weighted by atomic mass is 32.1. The first-order chi connectivity index (χ1) is 7.66. The minimum absolute atomic E-state index is 0.244. The van der Waals surface area contributed by atoms with Crippen molar-refractivity contribution in [1.29, 1.82) is 0 Å². The van der Waals surface area contributed by atoms with Crippen LogP contribution in [0.5, 0.6) is 0 Å². The van der Waals surface area contributed by atoms with Crippen molar-refractivity contribution in [3.63, 3.8) is 0 Å². The predicted octanol–water partition coefficient (Wildman–Crippen LogP) is 3.27. The van der Waals surface area contributed by atoms with Crippen LogP contribution in [-0.4, -0.2) is 0 Å². The molecule has 0 saturated carbocycles. The molecule has 4 heteroatoms. The first-order valence-electron chi connectivity index (χ1n) is 4.88. The standard InChI is InChI=1S/C12H11F2NS/c13-10-2-1-8(11(14)6-10)5-12(15)9-3-4-16-7-9/h1-4,6-7,12H,5,15H2. The lowest BCUT2D eigenvalue weighted by Crippen LogP contribution is -2.13. The van der Waals surface area contributed by atoms with Crippen LogP contribution >= 0.6 is 11.3 Å². The maximum atomic E-state index is 13.4. The Bertz CT molecular complexity index is 468. The van der Waals surface area contributed by atoms with Gasteiger partial charge in [0.15, 0.2) is 0 Å². The van der Waals surface area contributed by atoms with Gasteiger partial charge in [0.05, 0.1) is 0 Å². The van der Waals surface area contributed by atoms with Crippen LogP contribution in [0.25, 0.3) is 0 Å². The molecule has 0 spiro atoms. The van der Waals surface area contributed by atoms with Crippen molar-refractivity contribution >= 4 is 11.3 Å². The molecule has 2 rings (SSSR count). The van der Waals surface area contributed by atoms with Gasteiger partial charge in [0, 0.05) is 12.1 Å². The van der Waals surface area contributed by atoms with Gasteiger partial charge in [0.25, 0.3) is 0 Å². The van der Waals surface area contributed by atoms with Gasteiger partial charge in [-0.05, 0) is 40.4 Å². The Morgan fingerprint density at radius 2 is 2.06 bits per heavy atom. The molecule has 16 heavy (non-hydrogen) atoms. The van der Waals surface area contributed by atoms with Crippen molar-refractivity contribution in [2.45, 2.75) is 12.5 Å². The number of benzene rings is 1. The Hall–Kier alpha value is -1.26. The molecular formula is C12H11F2NS. The van der Waals surface area contributed by atoms with Gasteiger partial charge in [-0.15, -0.1) is 0 Å². The lowest BCUT2D eigenvalue weighted by atomic mass is 10.0. The Labute approximate surface area is 96.5 Å². The van der Waals surface area contributed by atoms with Gasteiger partial charge in [-0.2, -0.15) is 11.3 Å². The fraction of sp³-hybridized carbons (Fsp3) is 0.167. The monoisotopic (exact) mass is 239 g/mol. The van der Waals surface area contributed by atoms with Crippen molar-refractivity contribution < 1.29 is 8.78 Å². The smallest absolute Gasteiger partial charge is 0.129 e. The summed E-state index contributed by atoms with van der Waals surface area (Å²) in [6, 6.07) is 5.24. The number of rotatable bonds is 3. The summed E-state index contributed by atoms with van der Waals surface area (Å²) in [4.78, 5) is 0. The zero-order valence-corrected chi connectivity index (χ0v) is 9.31. The van der Waals surface area contributed by atoms with Crippen molar-refractivity contribution in [2.24, 2.45) is 5.73 Å². The molecule has 0 fully saturated rings. The Kier molecular flexibility index (Phi) is 3.31. The molecule has 0 radical (unpaired) electrons. The molecule has 1 aromatic heterocycles. The molecule has 2 aromatic rings. The van der Waals surface area contributed by atoms with Crippen LogP contribution in [0.2, 0.25) is 0 Å². The average molecular weight is 239 g/mol. The summed E-state index contributed by atoms with van der Waals surface area (Å²) in [5, 5.41) is 3.86. The SMILES string of the molecule is NC(Cc1ccc(F)cc1F)c1ccsc1. The highest BCUT2D eigenvalue weighted by Gasteiger charge is 2.11. The third-order valence-electron chi connectivity index (χ3n) is 2.43. The van der Waals surface area contributed by atoms with E-state index in [0.29, 0.717) is 12.0 Å². The third kappa shape index (κ3) is 2.46. The summed E-state index contributed by atoms with van der Waals surface area (Å²) in [6.07, 6.45) is 0.378. The van der Waals surface area contributed by atoms with Crippen LogP contribution in [0.15, 0.2) is 35.0 Å². The highest BCUT2D eigenvalue weighted by molar-refractivity contribution is 7.07. The Balaban J connectivity index is 2.15. The maximum absolute atomic E-state index is 13.4. The van der Waals surface area contributed by atoms with Gasteiger partial charge >= 0.3 is 0 Å². The second kappa shape index (κ2) is 4.72. The molecule has 0 bridgehead atoms. The number of nitrogens with two attached hydrogens (primary N) is 1. The average Bonchev–Trinajstić information content (AvgIpc) is 2.75. The predicted molar refractivity (Wildman–Crippen MR) is 61.3 cm³/mol. The lowest BCUT2D eigenvalue weighted by Gasteiger charge is -2.10. The third-order valence-corrected chi connectivity index (χ3v) is 3.13. The Morgan fingerprint density at radius 1 is 1.25 bits per heavy atom. The van der Waals surface area contributed by atoms with E-state index in [9.17, 15) is 8.78 Å². The molecule has 0 amide bonds. The van der Waals surface area contributed by atoms with Gasteiger partial charge in [-0.1, -0.05) is 6.07 Å². The molecule has 2 N–H and O–H groups in total. The van der Waals surface area contributed by atoms with Crippen LogP contribution in [0.4, 0.5) is 8.78 Å². The van der Waals surface area contributed by atoms with E-state index in [1.165, 1.54) is 12.1 Å². The number of hydrogen-bond acceptors (Lipinski definition) is 2. The van der Waals surface area contributed by atoms with Crippen LogP contribution < -0.4 is 5.73 Å². The second-order valence-electron chi connectivity index (χ2n) is 3.60. The zero-order valence-electron chi connectivity index (χ0n) is 8.49. The second-order valence-corrected chi connectivity index (χ2v) is 4.38. The maximum Gasteiger partial charge on any atom is 0.129 e. The van der Waals surface area contributed by atoms with E-state index in [2.05, 4.69) is 0 Å². The molecule has 1 atom stereocenters. The van der Waals surface area contributed by atoms with Crippen molar-refractivity contribution in [3.8, 4) is 0 Å². The highest BCUT2D eigenvalue weighted by Crippen LogP contribution is 2.20. The van der Waals surface area contributed by atoms with Gasteiger partial charge < -0.3 is 5.73 Å². The molecule has 0 aliphatic heterocycles. The van der Waals surface area contributed by atoms with Crippen LogP contribution in [0.1, 0.15) is 17.2 Å². The minimum atomic E-state index is -0.564. The molecule has 0 aliphatic rings. The van der Waals surface area contributed by atoms with Crippen LogP contribution in [-0.2, 0) is 6.42 Å². The summed E-state index contributed by atoms with van der Waals surface area (Å²) in [5.41, 5.74) is 7.35. The van der Waals surface area contributed by atoms with Crippen LogP contribution in [0.3, 0.4) is 0 Å². The molecule has 0 aliphatic carbocycles. The lowest BCUT2D eigenvalue weighted by molar-refractivity contribution is 0.563. The summed E-state index contributed by atoms with van der Waals surface area (Å²) in [6.45, 7) is 0. The molecule has 0 saturated heterocycles. The quantitative estimate of drug-likeness (QED) is 0.874. The van der Waals surface area contributed by atoms with E-state index in [-0.39, 0.29) is 6.04 Å². The summed E-state index contributed by atoms with van der Waals surface area (Å²) >= 11 is 1.55. The normalized spacial score (nSPS) is 12.7. The van der Waals surface area contributed by atoms with E-state index in [0.717, 1.165) is 11.6 Å². The van der Waals surface area contributed by atoms with Crippen LogP contribution in [0, 0.1) is 11.6 Å².